The maximum Gasteiger partial charge on any atom is 0.262 e. The van der Waals surface area contributed by atoms with E-state index in [0.717, 1.165) is 6.54 Å². The van der Waals surface area contributed by atoms with Gasteiger partial charge < -0.3 is 4.90 Å². The summed E-state index contributed by atoms with van der Waals surface area (Å²) in [6, 6.07) is 28.5. The zero-order valence-corrected chi connectivity index (χ0v) is 19.4. The number of nitrogens with zero attached hydrogens (tertiary/aromatic N) is 2. The number of rotatable bonds is 6. The first-order valence-corrected chi connectivity index (χ1v) is 12.4. The monoisotopic (exact) mass is 437 g/mol. The normalized spacial score (nSPS) is 13.8. The Balaban J connectivity index is 1.35. The van der Waals surface area contributed by atoms with E-state index < -0.39 is 0 Å². The summed E-state index contributed by atoms with van der Waals surface area (Å²) < 4.78 is 2.40. The molecule has 0 saturated carbocycles. The second-order valence-electron chi connectivity index (χ2n) is 8.27. The van der Waals surface area contributed by atoms with Gasteiger partial charge in [-0.2, -0.15) is 4.57 Å². The van der Waals surface area contributed by atoms with Gasteiger partial charge in [0.05, 0.1) is 5.38 Å². The molecule has 1 aliphatic heterocycles. The molecule has 5 rings (SSSR count). The Morgan fingerprint density at radius 2 is 1.44 bits per heavy atom. The van der Waals surface area contributed by atoms with Crippen molar-refractivity contribution < 1.29 is 4.57 Å². The lowest BCUT2D eigenvalue weighted by Gasteiger charge is -2.17. The van der Waals surface area contributed by atoms with E-state index >= 15 is 0 Å². The minimum absolute atomic E-state index is 0.951. The SMILES string of the molecule is CC[n+]1c(-c2ccc(-c3ccccc3)cc2)csc1C=Cc1ccc(N2CCCC2)cc1. The van der Waals surface area contributed by atoms with Crippen LogP contribution in [0.25, 0.3) is 34.5 Å². The van der Waals surface area contributed by atoms with Crippen LogP contribution < -0.4 is 9.47 Å². The molecule has 2 heterocycles. The maximum absolute atomic E-state index is 2.48. The van der Waals surface area contributed by atoms with Crippen LogP contribution in [-0.4, -0.2) is 13.1 Å². The summed E-state index contributed by atoms with van der Waals surface area (Å²) in [5.41, 5.74) is 7.65. The molecule has 0 unspecified atom stereocenters. The van der Waals surface area contributed by atoms with Crippen LogP contribution >= 0.6 is 11.3 Å². The second kappa shape index (κ2) is 9.54. The van der Waals surface area contributed by atoms with Crippen LogP contribution in [0.15, 0.2) is 84.2 Å². The molecule has 1 fully saturated rings. The molecule has 1 aromatic heterocycles. The number of anilines is 1. The molecule has 4 aromatic rings. The fraction of sp³-hybridized carbons (Fsp3) is 0.207. The Kier molecular flexibility index (Phi) is 6.17. The Morgan fingerprint density at radius 1 is 0.781 bits per heavy atom. The highest BCUT2D eigenvalue weighted by Crippen LogP contribution is 2.26. The highest BCUT2D eigenvalue weighted by molar-refractivity contribution is 7.10. The van der Waals surface area contributed by atoms with E-state index in [1.165, 1.54) is 64.6 Å². The number of benzene rings is 3. The first kappa shape index (κ1) is 20.7. The van der Waals surface area contributed by atoms with Crippen molar-refractivity contribution in [3.63, 3.8) is 0 Å². The number of hydrogen-bond acceptors (Lipinski definition) is 2. The average molecular weight is 438 g/mol. The first-order chi connectivity index (χ1) is 15.8. The summed E-state index contributed by atoms with van der Waals surface area (Å²) in [6.07, 6.45) is 7.11. The molecule has 3 aromatic carbocycles. The van der Waals surface area contributed by atoms with Gasteiger partial charge in [0.15, 0.2) is 0 Å². The third-order valence-electron chi connectivity index (χ3n) is 6.23. The highest BCUT2D eigenvalue weighted by Gasteiger charge is 2.18. The van der Waals surface area contributed by atoms with Crippen molar-refractivity contribution in [2.24, 2.45) is 0 Å². The molecule has 0 N–H and O–H groups in total. The highest BCUT2D eigenvalue weighted by atomic mass is 32.1. The van der Waals surface area contributed by atoms with Gasteiger partial charge in [-0.15, -0.1) is 0 Å². The first-order valence-electron chi connectivity index (χ1n) is 11.5. The summed E-state index contributed by atoms with van der Waals surface area (Å²) >= 11 is 1.81. The van der Waals surface area contributed by atoms with Crippen molar-refractivity contribution >= 4 is 29.2 Å². The lowest BCUT2D eigenvalue weighted by molar-refractivity contribution is -0.679. The van der Waals surface area contributed by atoms with Gasteiger partial charge in [-0.3, -0.25) is 0 Å². The molecule has 0 spiro atoms. The van der Waals surface area contributed by atoms with E-state index in [2.05, 4.69) is 113 Å². The molecule has 0 aliphatic carbocycles. The summed E-state index contributed by atoms with van der Waals surface area (Å²) in [6.45, 7) is 5.55. The van der Waals surface area contributed by atoms with Crippen LogP contribution in [0.2, 0.25) is 0 Å². The van der Waals surface area contributed by atoms with E-state index in [1.807, 2.05) is 0 Å². The van der Waals surface area contributed by atoms with Crippen molar-refractivity contribution in [3.8, 4) is 22.4 Å². The van der Waals surface area contributed by atoms with Crippen LogP contribution in [-0.2, 0) is 6.54 Å². The lowest BCUT2D eigenvalue weighted by atomic mass is 10.0. The number of hydrogen-bond donors (Lipinski definition) is 0. The van der Waals surface area contributed by atoms with Gasteiger partial charge in [-0.1, -0.05) is 65.9 Å². The van der Waals surface area contributed by atoms with Gasteiger partial charge in [0.1, 0.15) is 6.54 Å². The molecular formula is C29H29N2S+. The van der Waals surface area contributed by atoms with E-state index in [0.29, 0.717) is 0 Å². The zero-order chi connectivity index (χ0) is 21.8. The van der Waals surface area contributed by atoms with Crippen LogP contribution in [0, 0.1) is 0 Å². The van der Waals surface area contributed by atoms with Crippen molar-refractivity contribution in [2.75, 3.05) is 18.0 Å². The Morgan fingerprint density at radius 3 is 2.12 bits per heavy atom. The summed E-state index contributed by atoms with van der Waals surface area (Å²) in [5.74, 6) is 0. The van der Waals surface area contributed by atoms with Gasteiger partial charge >= 0.3 is 0 Å². The third-order valence-corrected chi connectivity index (χ3v) is 7.17. The third kappa shape index (κ3) is 4.39. The molecule has 0 radical (unpaired) electrons. The smallest absolute Gasteiger partial charge is 0.262 e. The molecular weight excluding hydrogens is 408 g/mol. The molecule has 3 heteroatoms. The number of aromatic nitrogens is 1. The van der Waals surface area contributed by atoms with Gasteiger partial charge in [-0.25, -0.2) is 0 Å². The predicted molar refractivity (Wildman–Crippen MR) is 138 cm³/mol. The van der Waals surface area contributed by atoms with Crippen molar-refractivity contribution in [1.29, 1.82) is 0 Å². The van der Waals surface area contributed by atoms with Crippen LogP contribution in [0.4, 0.5) is 5.69 Å². The van der Waals surface area contributed by atoms with Crippen molar-refractivity contribution in [1.82, 2.24) is 0 Å². The molecule has 32 heavy (non-hydrogen) atoms. The van der Waals surface area contributed by atoms with E-state index in [1.54, 1.807) is 11.3 Å². The van der Waals surface area contributed by atoms with Gasteiger partial charge in [0.25, 0.3) is 5.01 Å². The molecule has 160 valence electrons. The fourth-order valence-corrected chi connectivity index (χ4v) is 5.44. The Bertz CT molecular complexity index is 1180. The van der Waals surface area contributed by atoms with Crippen LogP contribution in [0.5, 0.6) is 0 Å². The van der Waals surface area contributed by atoms with Gasteiger partial charge in [0, 0.05) is 30.4 Å². The maximum atomic E-state index is 2.48. The van der Waals surface area contributed by atoms with Crippen LogP contribution in [0.1, 0.15) is 30.3 Å². The second-order valence-corrected chi connectivity index (χ2v) is 9.16. The Hall–Kier alpha value is -3.17. The van der Waals surface area contributed by atoms with E-state index in [-0.39, 0.29) is 0 Å². The van der Waals surface area contributed by atoms with Gasteiger partial charge in [0.2, 0.25) is 5.69 Å². The van der Waals surface area contributed by atoms with Crippen LogP contribution in [0.3, 0.4) is 0 Å². The molecule has 0 bridgehead atoms. The fourth-order valence-electron chi connectivity index (χ4n) is 4.44. The molecule has 1 saturated heterocycles. The largest absolute Gasteiger partial charge is 0.372 e. The van der Waals surface area contributed by atoms with E-state index in [9.17, 15) is 0 Å². The zero-order valence-electron chi connectivity index (χ0n) is 18.6. The standard InChI is InChI=1S/C29H29N2S/c1-2-31-28(26-15-13-25(14-16-26)24-8-4-3-5-9-24)22-32-29(31)19-12-23-10-17-27(18-11-23)30-20-6-7-21-30/h3-5,8-19,22H,2,6-7,20-21H2,1H3/q+1. The predicted octanol–water partition coefficient (Wildman–Crippen LogP) is 7.16. The molecule has 0 amide bonds. The topological polar surface area (TPSA) is 7.12 Å². The van der Waals surface area contributed by atoms with Gasteiger partial charge in [-0.05, 0) is 66.8 Å². The quantitative estimate of drug-likeness (QED) is 0.290. The molecule has 1 aliphatic rings. The average Bonchev–Trinajstić information content (AvgIpc) is 3.54. The minimum Gasteiger partial charge on any atom is -0.372 e. The lowest BCUT2D eigenvalue weighted by Crippen LogP contribution is -2.35. The summed E-state index contributed by atoms with van der Waals surface area (Å²) in [5, 5.41) is 3.55. The minimum atomic E-state index is 0.951. The Labute approximate surface area is 195 Å². The van der Waals surface area contributed by atoms with Crippen molar-refractivity contribution in [3.05, 3.63) is 94.8 Å². The molecule has 2 nitrogen and oxygen atoms in total. The summed E-state index contributed by atoms with van der Waals surface area (Å²) in [4.78, 5) is 2.48. The number of thiazole rings is 1. The summed E-state index contributed by atoms with van der Waals surface area (Å²) in [7, 11) is 0. The van der Waals surface area contributed by atoms with Crippen molar-refractivity contribution in [2.45, 2.75) is 26.3 Å². The van der Waals surface area contributed by atoms with E-state index in [4.69, 9.17) is 0 Å². The molecule has 0 atom stereocenters.